The second-order valence-corrected chi connectivity index (χ2v) is 9.38. The molecule has 0 atom stereocenters. The predicted octanol–water partition coefficient (Wildman–Crippen LogP) is 3.09. The molecular weight excluding hydrogens is 416 g/mol. The smallest absolute Gasteiger partial charge is 0.243 e. The van der Waals surface area contributed by atoms with Crippen molar-refractivity contribution in [2.24, 2.45) is 0 Å². The van der Waals surface area contributed by atoms with Gasteiger partial charge in [-0.25, -0.2) is 18.4 Å². The zero-order valence-corrected chi connectivity index (χ0v) is 17.7. The Morgan fingerprint density at radius 3 is 2.39 bits per heavy atom. The van der Waals surface area contributed by atoms with E-state index in [4.69, 9.17) is 4.42 Å². The van der Waals surface area contributed by atoms with Crippen molar-refractivity contribution < 1.29 is 17.6 Å². The van der Waals surface area contributed by atoms with Crippen LogP contribution < -0.4 is 4.90 Å². The average Bonchev–Trinajstić information content (AvgIpc) is 3.18. The lowest BCUT2D eigenvalue weighted by atomic mass is 10.2. The minimum Gasteiger partial charge on any atom is -0.450 e. The van der Waals surface area contributed by atoms with Crippen molar-refractivity contribution in [2.45, 2.75) is 11.8 Å². The van der Waals surface area contributed by atoms with E-state index in [9.17, 15) is 13.2 Å². The first kappa shape index (κ1) is 19.7. The number of benzene rings is 2. The molecule has 1 fully saturated rings. The lowest BCUT2D eigenvalue weighted by Gasteiger charge is -2.34. The summed E-state index contributed by atoms with van der Waals surface area (Å²) < 4.78 is 33.5. The molecule has 3 heterocycles. The number of para-hydroxylation sites is 1. The molecule has 0 bridgehead atoms. The number of carbonyl (C=O) groups is 1. The molecule has 4 aromatic rings. The minimum atomic E-state index is -3.63. The van der Waals surface area contributed by atoms with Crippen LogP contribution in [0.15, 0.2) is 64.2 Å². The Kier molecular flexibility index (Phi) is 4.71. The van der Waals surface area contributed by atoms with Crippen LogP contribution in [0.1, 0.15) is 17.3 Å². The largest absolute Gasteiger partial charge is 0.450 e. The summed E-state index contributed by atoms with van der Waals surface area (Å²) in [4.78, 5) is 22.5. The number of Topliss-reactive ketones (excluding diaryl/α,β-unsaturated/α-hetero) is 1. The Labute approximate surface area is 179 Å². The average molecular weight is 436 g/mol. The van der Waals surface area contributed by atoms with Gasteiger partial charge in [-0.15, -0.1) is 0 Å². The summed E-state index contributed by atoms with van der Waals surface area (Å²) in [5.74, 6) is 0.573. The van der Waals surface area contributed by atoms with E-state index in [1.165, 1.54) is 29.7 Å². The van der Waals surface area contributed by atoms with Crippen LogP contribution in [0, 0.1) is 0 Å². The number of hydrogen-bond donors (Lipinski definition) is 0. The Bertz CT molecular complexity index is 1390. The first-order valence-electron chi connectivity index (χ1n) is 9.93. The number of fused-ring (bicyclic) bond motifs is 3. The summed E-state index contributed by atoms with van der Waals surface area (Å²) in [6.45, 7) is 3.06. The fourth-order valence-corrected chi connectivity index (χ4v) is 5.31. The molecule has 1 aliphatic heterocycles. The number of anilines is 1. The molecule has 0 N–H and O–H groups in total. The van der Waals surface area contributed by atoms with Crippen LogP contribution in [-0.4, -0.2) is 54.7 Å². The molecule has 0 spiro atoms. The summed E-state index contributed by atoms with van der Waals surface area (Å²) in [6, 6.07) is 13.8. The summed E-state index contributed by atoms with van der Waals surface area (Å²) in [6.07, 6.45) is 1.51. The Morgan fingerprint density at radius 1 is 0.968 bits per heavy atom. The number of furan rings is 1. The van der Waals surface area contributed by atoms with Gasteiger partial charge in [-0.05, 0) is 31.2 Å². The van der Waals surface area contributed by atoms with Gasteiger partial charge in [0.05, 0.1) is 4.90 Å². The van der Waals surface area contributed by atoms with Crippen LogP contribution in [0.4, 0.5) is 5.82 Å². The maximum Gasteiger partial charge on any atom is 0.243 e. The second-order valence-electron chi connectivity index (χ2n) is 7.44. The molecule has 1 saturated heterocycles. The third kappa shape index (κ3) is 3.35. The standard InChI is InChI=1S/C22H20N4O4S/c1-15(27)16-6-8-17(9-7-16)31(28,29)26-12-10-25(11-13-26)22-21-20(23-14-24-22)18-4-2-3-5-19(18)30-21/h2-9,14H,10-13H2,1H3. The molecule has 0 unspecified atom stereocenters. The van der Waals surface area contributed by atoms with Crippen molar-refractivity contribution in [1.29, 1.82) is 0 Å². The Hall–Kier alpha value is -3.30. The molecule has 0 amide bonds. The monoisotopic (exact) mass is 436 g/mol. The molecule has 2 aromatic carbocycles. The summed E-state index contributed by atoms with van der Waals surface area (Å²) >= 11 is 0. The van der Waals surface area contributed by atoms with E-state index < -0.39 is 10.0 Å². The van der Waals surface area contributed by atoms with Gasteiger partial charge < -0.3 is 9.32 Å². The number of nitrogens with zero attached hydrogens (tertiary/aromatic N) is 4. The molecule has 9 heteroatoms. The molecule has 31 heavy (non-hydrogen) atoms. The van der Waals surface area contributed by atoms with E-state index in [1.807, 2.05) is 29.2 Å². The molecule has 2 aromatic heterocycles. The maximum atomic E-state index is 13.0. The highest BCUT2D eigenvalue weighted by Crippen LogP contribution is 2.32. The van der Waals surface area contributed by atoms with Crippen LogP contribution in [0.2, 0.25) is 0 Å². The SMILES string of the molecule is CC(=O)c1ccc(S(=O)(=O)N2CCN(c3ncnc4c3oc3ccccc34)CC2)cc1. The minimum absolute atomic E-state index is 0.0979. The number of ketones is 1. The molecule has 8 nitrogen and oxygen atoms in total. The van der Waals surface area contributed by atoms with Crippen LogP contribution in [0.25, 0.3) is 22.1 Å². The third-order valence-electron chi connectivity index (χ3n) is 5.58. The topological polar surface area (TPSA) is 96.6 Å². The van der Waals surface area contributed by atoms with Crippen molar-refractivity contribution in [2.75, 3.05) is 31.1 Å². The normalized spacial score (nSPS) is 15.6. The fraction of sp³-hybridized carbons (Fsp3) is 0.227. The lowest BCUT2D eigenvalue weighted by molar-refractivity contribution is 0.101. The van der Waals surface area contributed by atoms with E-state index >= 15 is 0 Å². The third-order valence-corrected chi connectivity index (χ3v) is 7.49. The number of carbonyl (C=O) groups excluding carboxylic acids is 1. The molecule has 5 rings (SSSR count). The van der Waals surface area contributed by atoms with Crippen LogP contribution >= 0.6 is 0 Å². The molecule has 1 aliphatic rings. The maximum absolute atomic E-state index is 13.0. The molecule has 0 radical (unpaired) electrons. The molecule has 158 valence electrons. The number of piperazine rings is 1. The lowest BCUT2D eigenvalue weighted by Crippen LogP contribution is -2.49. The first-order valence-corrected chi connectivity index (χ1v) is 11.4. The van der Waals surface area contributed by atoms with Gasteiger partial charge in [-0.1, -0.05) is 24.3 Å². The van der Waals surface area contributed by atoms with Gasteiger partial charge in [0.2, 0.25) is 10.0 Å². The van der Waals surface area contributed by atoms with Crippen LogP contribution in [-0.2, 0) is 10.0 Å². The molecule has 0 aliphatic carbocycles. The van der Waals surface area contributed by atoms with Crippen LogP contribution in [0.5, 0.6) is 0 Å². The van der Waals surface area contributed by atoms with Crippen molar-refractivity contribution in [1.82, 2.24) is 14.3 Å². The summed E-state index contributed by atoms with van der Waals surface area (Å²) in [5.41, 5.74) is 2.60. The summed E-state index contributed by atoms with van der Waals surface area (Å²) in [5, 5.41) is 0.927. The Balaban J connectivity index is 1.38. The second kappa shape index (κ2) is 7.44. The highest BCUT2D eigenvalue weighted by atomic mass is 32.2. The van der Waals surface area contributed by atoms with E-state index in [0.29, 0.717) is 43.1 Å². The molecular formula is C22H20N4O4S. The van der Waals surface area contributed by atoms with Gasteiger partial charge in [0.1, 0.15) is 17.4 Å². The first-order chi connectivity index (χ1) is 14.9. The zero-order chi connectivity index (χ0) is 21.6. The predicted molar refractivity (Wildman–Crippen MR) is 117 cm³/mol. The van der Waals surface area contributed by atoms with Crippen molar-refractivity contribution in [3.8, 4) is 0 Å². The Morgan fingerprint density at radius 2 is 1.68 bits per heavy atom. The van der Waals surface area contributed by atoms with E-state index in [1.54, 1.807) is 12.1 Å². The fourth-order valence-electron chi connectivity index (χ4n) is 3.89. The van der Waals surface area contributed by atoms with Crippen molar-refractivity contribution >= 4 is 43.7 Å². The van der Waals surface area contributed by atoms with Crippen molar-refractivity contribution in [3.05, 3.63) is 60.4 Å². The highest BCUT2D eigenvalue weighted by molar-refractivity contribution is 7.89. The molecule has 0 saturated carbocycles. The van der Waals surface area contributed by atoms with E-state index in [-0.39, 0.29) is 10.7 Å². The number of aromatic nitrogens is 2. The van der Waals surface area contributed by atoms with E-state index in [0.717, 1.165) is 16.5 Å². The quantitative estimate of drug-likeness (QED) is 0.454. The van der Waals surface area contributed by atoms with Gasteiger partial charge in [0.15, 0.2) is 17.2 Å². The van der Waals surface area contributed by atoms with Gasteiger partial charge in [-0.2, -0.15) is 4.31 Å². The number of rotatable bonds is 4. The number of sulfonamides is 1. The highest BCUT2D eigenvalue weighted by Gasteiger charge is 2.30. The van der Waals surface area contributed by atoms with Crippen LogP contribution in [0.3, 0.4) is 0 Å². The number of hydrogen-bond acceptors (Lipinski definition) is 7. The summed E-state index contributed by atoms with van der Waals surface area (Å²) in [7, 11) is -3.63. The zero-order valence-electron chi connectivity index (χ0n) is 16.9. The van der Waals surface area contributed by atoms with Gasteiger partial charge in [-0.3, -0.25) is 4.79 Å². The van der Waals surface area contributed by atoms with Crippen molar-refractivity contribution in [3.63, 3.8) is 0 Å². The van der Waals surface area contributed by atoms with E-state index in [2.05, 4.69) is 9.97 Å². The van der Waals surface area contributed by atoms with Gasteiger partial charge in [0.25, 0.3) is 0 Å². The van der Waals surface area contributed by atoms with Gasteiger partial charge >= 0.3 is 0 Å². The van der Waals surface area contributed by atoms with Gasteiger partial charge in [0, 0.05) is 37.1 Å².